The lowest BCUT2D eigenvalue weighted by Crippen LogP contribution is -2.33. The molecule has 1 unspecified atom stereocenters. The summed E-state index contributed by atoms with van der Waals surface area (Å²) in [5, 5.41) is 3.37. The predicted molar refractivity (Wildman–Crippen MR) is 140 cm³/mol. The minimum absolute atomic E-state index is 0.589. The monoisotopic (exact) mass is 461 g/mol. The van der Waals surface area contributed by atoms with Crippen LogP contribution in [-0.4, -0.2) is 42.3 Å². The molecule has 172 valence electrons. The highest BCUT2D eigenvalue weighted by atomic mass is 32.2. The fourth-order valence-corrected chi connectivity index (χ4v) is 4.50. The van der Waals surface area contributed by atoms with E-state index >= 15 is 0 Å². The molecule has 7 heteroatoms. The van der Waals surface area contributed by atoms with Crippen LogP contribution in [0.25, 0.3) is 0 Å². The third kappa shape index (κ3) is 6.08. The van der Waals surface area contributed by atoms with E-state index in [1.165, 1.54) is 0 Å². The standard InChI is InChI=1S/C26H31N5OS/c1-5-11-21(26(27-2)30(3)24-14-6-7-15-25(24)33(4)32)20-31(23-13-10-17-29-19-23)22-12-8-9-16-28-18-22/h5-7,9-19,27H,8,20H2,1-4H3/b11-5-,26-21-. The Kier molecular flexibility index (Phi) is 8.78. The molecule has 6 nitrogen and oxygen atoms in total. The van der Waals surface area contributed by atoms with Crippen molar-refractivity contribution in [1.29, 1.82) is 0 Å². The van der Waals surface area contributed by atoms with Crippen LogP contribution in [0.15, 0.2) is 106 Å². The molecule has 0 saturated heterocycles. The van der Waals surface area contributed by atoms with Gasteiger partial charge in [-0.1, -0.05) is 36.4 Å². The predicted octanol–water partition coefficient (Wildman–Crippen LogP) is 4.64. The zero-order valence-corrected chi connectivity index (χ0v) is 20.4. The first-order valence-electron chi connectivity index (χ1n) is 10.8. The second-order valence-corrected chi connectivity index (χ2v) is 8.78. The first-order chi connectivity index (χ1) is 16.1. The number of nitrogens with zero attached hydrogens (tertiary/aromatic N) is 4. The summed E-state index contributed by atoms with van der Waals surface area (Å²) in [6.45, 7) is 2.60. The molecule has 1 aromatic carbocycles. The van der Waals surface area contributed by atoms with Gasteiger partial charge < -0.3 is 15.1 Å². The number of nitrogens with one attached hydrogen (secondary N) is 1. The zero-order chi connectivity index (χ0) is 23.6. The second-order valence-electron chi connectivity index (χ2n) is 7.43. The summed E-state index contributed by atoms with van der Waals surface area (Å²) in [5.41, 5.74) is 3.95. The van der Waals surface area contributed by atoms with Crippen LogP contribution in [-0.2, 0) is 10.8 Å². The van der Waals surface area contributed by atoms with Crippen molar-refractivity contribution >= 4 is 28.4 Å². The molecule has 2 aromatic rings. The molecule has 0 fully saturated rings. The van der Waals surface area contributed by atoms with Gasteiger partial charge in [-0.25, -0.2) is 0 Å². The molecular formula is C26H31N5OS. The maximum Gasteiger partial charge on any atom is 0.110 e. The van der Waals surface area contributed by atoms with Gasteiger partial charge in [-0.05, 0) is 37.6 Å². The van der Waals surface area contributed by atoms with E-state index in [0.717, 1.165) is 39.8 Å². The lowest BCUT2D eigenvalue weighted by molar-refractivity contribution is 0.686. The van der Waals surface area contributed by atoms with Gasteiger partial charge in [0.05, 0.1) is 51.7 Å². The highest BCUT2D eigenvalue weighted by Crippen LogP contribution is 2.27. The third-order valence-corrected chi connectivity index (χ3v) is 6.20. The van der Waals surface area contributed by atoms with Gasteiger partial charge in [-0.3, -0.25) is 14.2 Å². The Hall–Kier alpha value is -3.45. The summed E-state index contributed by atoms with van der Waals surface area (Å²) >= 11 is 0. The molecule has 0 spiro atoms. The van der Waals surface area contributed by atoms with Crippen LogP contribution in [0.3, 0.4) is 0 Å². The fourth-order valence-electron chi connectivity index (χ4n) is 3.73. The molecule has 1 aromatic heterocycles. The Morgan fingerprint density at radius 1 is 1.24 bits per heavy atom. The number of aliphatic imine (C=N–C) groups is 1. The van der Waals surface area contributed by atoms with Crippen molar-refractivity contribution in [1.82, 2.24) is 10.3 Å². The molecule has 0 bridgehead atoms. The molecule has 2 heterocycles. The van der Waals surface area contributed by atoms with E-state index in [2.05, 4.69) is 37.2 Å². The van der Waals surface area contributed by atoms with Crippen LogP contribution in [0, 0.1) is 0 Å². The third-order valence-electron chi connectivity index (χ3n) is 5.24. The lowest BCUT2D eigenvalue weighted by Gasteiger charge is -2.30. The van der Waals surface area contributed by atoms with E-state index in [1.807, 2.05) is 88.2 Å². The molecule has 1 aliphatic heterocycles. The average Bonchev–Trinajstić information content (AvgIpc) is 3.12. The van der Waals surface area contributed by atoms with Gasteiger partial charge in [0.2, 0.25) is 0 Å². The Bertz CT molecular complexity index is 1120. The van der Waals surface area contributed by atoms with Gasteiger partial charge in [0.1, 0.15) is 5.82 Å². The number of hydrogen-bond acceptors (Lipinski definition) is 6. The van der Waals surface area contributed by atoms with Crippen LogP contribution in [0.2, 0.25) is 0 Å². The van der Waals surface area contributed by atoms with Crippen molar-refractivity contribution in [2.24, 2.45) is 4.99 Å². The fraction of sp³-hybridized carbons (Fsp3) is 0.231. The van der Waals surface area contributed by atoms with E-state index in [4.69, 9.17) is 0 Å². The average molecular weight is 462 g/mol. The van der Waals surface area contributed by atoms with E-state index < -0.39 is 10.8 Å². The van der Waals surface area contributed by atoms with Gasteiger partial charge >= 0.3 is 0 Å². The molecular weight excluding hydrogens is 430 g/mol. The summed E-state index contributed by atoms with van der Waals surface area (Å²) in [4.78, 5) is 13.8. The van der Waals surface area contributed by atoms with Crippen LogP contribution < -0.4 is 15.1 Å². The molecule has 0 saturated carbocycles. The summed E-state index contributed by atoms with van der Waals surface area (Å²) in [6.07, 6.45) is 18.2. The Morgan fingerprint density at radius 3 is 2.76 bits per heavy atom. The number of anilines is 2. The SMILES string of the molecule is C/C=C\C(CN(C1=CCC=CN=C1)c1cccnc1)=C(/NC)N(C)c1ccccc1S(C)=O. The number of rotatable bonds is 9. The molecule has 3 rings (SSSR count). The van der Waals surface area contributed by atoms with E-state index in [9.17, 15) is 4.21 Å². The minimum Gasteiger partial charge on any atom is -0.374 e. The topological polar surface area (TPSA) is 60.8 Å². The second kappa shape index (κ2) is 12.0. The van der Waals surface area contributed by atoms with Gasteiger partial charge in [0.15, 0.2) is 0 Å². The number of benzene rings is 1. The van der Waals surface area contributed by atoms with E-state index in [0.29, 0.717) is 6.54 Å². The first kappa shape index (κ1) is 24.2. The zero-order valence-electron chi connectivity index (χ0n) is 19.6. The van der Waals surface area contributed by atoms with Gasteiger partial charge in [-0.15, -0.1) is 0 Å². The largest absolute Gasteiger partial charge is 0.374 e. The van der Waals surface area contributed by atoms with Crippen LogP contribution in [0.1, 0.15) is 13.3 Å². The van der Waals surface area contributed by atoms with Crippen LogP contribution in [0.4, 0.5) is 11.4 Å². The van der Waals surface area contributed by atoms with Crippen molar-refractivity contribution in [3.8, 4) is 0 Å². The van der Waals surface area contributed by atoms with E-state index in [-0.39, 0.29) is 0 Å². The lowest BCUT2D eigenvalue weighted by atomic mass is 10.1. The van der Waals surface area contributed by atoms with Crippen molar-refractivity contribution in [3.05, 3.63) is 96.4 Å². The number of para-hydroxylation sites is 1. The number of aromatic nitrogens is 1. The normalized spacial score (nSPS) is 15.0. The molecule has 0 radical (unpaired) electrons. The Morgan fingerprint density at radius 2 is 2.06 bits per heavy atom. The summed E-state index contributed by atoms with van der Waals surface area (Å²) in [7, 11) is 2.80. The molecule has 1 N–H and O–H groups in total. The van der Waals surface area contributed by atoms with Gasteiger partial charge in [0, 0.05) is 38.3 Å². The molecule has 0 aliphatic carbocycles. The van der Waals surface area contributed by atoms with E-state index in [1.54, 1.807) is 12.5 Å². The van der Waals surface area contributed by atoms with Crippen LogP contribution in [0.5, 0.6) is 0 Å². The Labute approximate surface area is 199 Å². The molecule has 0 amide bonds. The molecule has 1 atom stereocenters. The van der Waals surface area contributed by atoms with Gasteiger partial charge in [0.25, 0.3) is 0 Å². The number of allylic oxidation sites excluding steroid dienone is 4. The molecule has 1 aliphatic rings. The number of pyridine rings is 1. The van der Waals surface area contributed by atoms with Gasteiger partial charge in [-0.2, -0.15) is 0 Å². The highest BCUT2D eigenvalue weighted by Gasteiger charge is 2.19. The summed E-state index contributed by atoms with van der Waals surface area (Å²) < 4.78 is 12.4. The first-order valence-corrected chi connectivity index (χ1v) is 12.4. The maximum absolute atomic E-state index is 12.4. The maximum atomic E-state index is 12.4. The van der Waals surface area contributed by atoms with Crippen molar-refractivity contribution in [2.75, 3.05) is 36.7 Å². The van der Waals surface area contributed by atoms with Crippen molar-refractivity contribution < 1.29 is 4.21 Å². The number of hydrogen-bond donors (Lipinski definition) is 1. The summed E-state index contributed by atoms with van der Waals surface area (Å²) in [6, 6.07) is 11.8. The molecule has 33 heavy (non-hydrogen) atoms. The van der Waals surface area contributed by atoms with Crippen molar-refractivity contribution in [2.45, 2.75) is 18.2 Å². The Balaban J connectivity index is 2.09. The summed E-state index contributed by atoms with van der Waals surface area (Å²) in [5.74, 6) is 0.921. The smallest absolute Gasteiger partial charge is 0.110 e. The highest BCUT2D eigenvalue weighted by molar-refractivity contribution is 7.84. The minimum atomic E-state index is -1.10. The quantitative estimate of drug-likeness (QED) is 0.551. The van der Waals surface area contributed by atoms with Crippen molar-refractivity contribution in [3.63, 3.8) is 0 Å². The van der Waals surface area contributed by atoms with Crippen LogP contribution >= 0.6 is 0 Å².